The van der Waals surface area contributed by atoms with E-state index in [0.29, 0.717) is 6.42 Å². The Morgan fingerprint density at radius 1 is 1.06 bits per heavy atom. The fraction of sp³-hybridized carbons (Fsp3) is 0.440. The van der Waals surface area contributed by atoms with E-state index in [1.54, 1.807) is 17.0 Å². The Hall–Kier alpha value is -2.89. The fourth-order valence-corrected chi connectivity index (χ4v) is 4.03. The molecule has 2 aromatic rings. The molecule has 1 N–H and O–H groups in total. The van der Waals surface area contributed by atoms with Crippen LogP contribution in [0.3, 0.4) is 0 Å². The molecule has 2 aromatic carbocycles. The number of hydrogen-bond acceptors (Lipinski definition) is 3. The van der Waals surface area contributed by atoms with Crippen LogP contribution in [0, 0.1) is 5.82 Å². The minimum Gasteiger partial charge on any atom is -0.481 e. The first-order chi connectivity index (χ1) is 15.1. The Balaban J connectivity index is 1.73. The lowest BCUT2D eigenvalue weighted by Crippen LogP contribution is -2.52. The van der Waals surface area contributed by atoms with Crippen molar-refractivity contribution < 1.29 is 18.7 Å². The summed E-state index contributed by atoms with van der Waals surface area (Å²) in [5.41, 5.74) is 0.922. The summed E-state index contributed by atoms with van der Waals surface area (Å²) in [7, 11) is 0. The lowest BCUT2D eigenvalue weighted by molar-refractivity contribution is -0.143. The molecule has 1 aliphatic rings. The SMILES string of the molecule is CC[C@H](C(=O)NC1CCCCC1)N(Cc1ccccc1)C(=O)COc1ccccc1F. The summed E-state index contributed by atoms with van der Waals surface area (Å²) in [5.74, 6) is -0.982. The molecule has 31 heavy (non-hydrogen) atoms. The van der Waals surface area contributed by atoms with Gasteiger partial charge in [0.2, 0.25) is 5.91 Å². The van der Waals surface area contributed by atoms with E-state index in [9.17, 15) is 14.0 Å². The van der Waals surface area contributed by atoms with E-state index in [2.05, 4.69) is 5.32 Å². The number of benzene rings is 2. The molecule has 2 amide bonds. The number of nitrogens with zero attached hydrogens (tertiary/aromatic N) is 1. The second-order valence-electron chi connectivity index (χ2n) is 7.99. The quantitative estimate of drug-likeness (QED) is 0.644. The smallest absolute Gasteiger partial charge is 0.261 e. The van der Waals surface area contributed by atoms with Crippen molar-refractivity contribution in [3.05, 3.63) is 66.0 Å². The van der Waals surface area contributed by atoms with E-state index in [0.717, 1.165) is 31.2 Å². The van der Waals surface area contributed by atoms with Crippen LogP contribution in [-0.2, 0) is 16.1 Å². The molecule has 1 atom stereocenters. The van der Waals surface area contributed by atoms with Crippen molar-refractivity contribution in [2.45, 2.75) is 64.1 Å². The average molecular weight is 427 g/mol. The summed E-state index contributed by atoms with van der Waals surface area (Å²) in [6.45, 7) is 1.85. The third kappa shape index (κ3) is 6.54. The first kappa shape index (κ1) is 22.8. The van der Waals surface area contributed by atoms with Crippen LogP contribution >= 0.6 is 0 Å². The largest absolute Gasteiger partial charge is 0.481 e. The monoisotopic (exact) mass is 426 g/mol. The topological polar surface area (TPSA) is 58.6 Å². The van der Waals surface area contributed by atoms with Crippen molar-refractivity contribution in [1.82, 2.24) is 10.2 Å². The Morgan fingerprint density at radius 3 is 2.42 bits per heavy atom. The Kier molecular flexibility index (Phi) is 8.44. The summed E-state index contributed by atoms with van der Waals surface area (Å²) < 4.78 is 19.3. The van der Waals surface area contributed by atoms with Gasteiger partial charge in [-0.1, -0.05) is 68.7 Å². The van der Waals surface area contributed by atoms with Gasteiger partial charge in [0, 0.05) is 12.6 Å². The number of para-hydroxylation sites is 1. The molecule has 0 radical (unpaired) electrons. The number of carbonyl (C=O) groups excluding carboxylic acids is 2. The molecule has 1 fully saturated rings. The van der Waals surface area contributed by atoms with Gasteiger partial charge in [0.05, 0.1) is 0 Å². The molecule has 0 heterocycles. The van der Waals surface area contributed by atoms with Crippen molar-refractivity contribution in [3.8, 4) is 5.75 Å². The predicted molar refractivity (Wildman–Crippen MR) is 118 cm³/mol. The van der Waals surface area contributed by atoms with E-state index in [1.807, 2.05) is 37.3 Å². The molecule has 0 unspecified atom stereocenters. The Bertz CT molecular complexity index is 853. The molecule has 1 saturated carbocycles. The van der Waals surface area contributed by atoms with Gasteiger partial charge in [-0.05, 0) is 37.0 Å². The molecule has 0 saturated heterocycles. The van der Waals surface area contributed by atoms with Gasteiger partial charge < -0.3 is 15.0 Å². The van der Waals surface area contributed by atoms with Crippen molar-refractivity contribution >= 4 is 11.8 Å². The van der Waals surface area contributed by atoms with E-state index in [1.165, 1.54) is 18.6 Å². The maximum atomic E-state index is 13.9. The standard InChI is InChI=1S/C25H31FN2O3/c1-2-22(25(30)27-20-13-7-4-8-14-20)28(17-19-11-5-3-6-12-19)24(29)18-31-23-16-10-9-15-21(23)26/h3,5-6,9-12,15-16,20,22H,2,4,7-8,13-14,17-18H2,1H3,(H,27,30)/t22-/m1/s1. The highest BCUT2D eigenvalue weighted by atomic mass is 19.1. The Labute approximate surface area is 183 Å². The van der Waals surface area contributed by atoms with Gasteiger partial charge >= 0.3 is 0 Å². The van der Waals surface area contributed by atoms with Crippen LogP contribution in [0.15, 0.2) is 54.6 Å². The summed E-state index contributed by atoms with van der Waals surface area (Å²) in [6, 6.07) is 15.1. The second kappa shape index (κ2) is 11.5. The summed E-state index contributed by atoms with van der Waals surface area (Å²) in [4.78, 5) is 27.8. The normalized spacial score (nSPS) is 15.2. The first-order valence-corrected chi connectivity index (χ1v) is 11.1. The molecule has 0 spiro atoms. The second-order valence-corrected chi connectivity index (χ2v) is 7.99. The number of nitrogens with one attached hydrogen (secondary N) is 1. The fourth-order valence-electron chi connectivity index (χ4n) is 4.03. The van der Waals surface area contributed by atoms with E-state index < -0.39 is 11.9 Å². The van der Waals surface area contributed by atoms with Crippen LogP contribution in [-0.4, -0.2) is 35.4 Å². The minimum absolute atomic E-state index is 0.0233. The third-order valence-electron chi connectivity index (χ3n) is 5.72. The van der Waals surface area contributed by atoms with Crippen molar-refractivity contribution in [1.29, 1.82) is 0 Å². The minimum atomic E-state index is -0.612. The summed E-state index contributed by atoms with van der Waals surface area (Å²) in [6.07, 6.45) is 5.87. The van der Waals surface area contributed by atoms with Gasteiger partial charge in [0.15, 0.2) is 18.2 Å². The van der Waals surface area contributed by atoms with Gasteiger partial charge in [0.1, 0.15) is 6.04 Å². The van der Waals surface area contributed by atoms with Crippen LogP contribution in [0.25, 0.3) is 0 Å². The molecule has 166 valence electrons. The zero-order chi connectivity index (χ0) is 22.1. The number of ether oxygens (including phenoxy) is 1. The summed E-state index contributed by atoms with van der Waals surface area (Å²) in [5, 5.41) is 3.14. The average Bonchev–Trinajstić information content (AvgIpc) is 2.79. The highest BCUT2D eigenvalue weighted by molar-refractivity contribution is 5.88. The maximum absolute atomic E-state index is 13.9. The molecule has 0 aliphatic heterocycles. The molecular formula is C25H31FN2O3. The van der Waals surface area contributed by atoms with Crippen LogP contribution in [0.1, 0.15) is 51.0 Å². The highest BCUT2D eigenvalue weighted by Gasteiger charge is 2.30. The number of halogens is 1. The number of carbonyl (C=O) groups is 2. The van der Waals surface area contributed by atoms with Crippen molar-refractivity contribution in [3.63, 3.8) is 0 Å². The first-order valence-electron chi connectivity index (χ1n) is 11.1. The van der Waals surface area contributed by atoms with Gasteiger partial charge in [-0.2, -0.15) is 0 Å². The van der Waals surface area contributed by atoms with E-state index in [4.69, 9.17) is 4.74 Å². The van der Waals surface area contributed by atoms with Crippen molar-refractivity contribution in [2.75, 3.05) is 6.61 Å². The van der Waals surface area contributed by atoms with Gasteiger partial charge in [-0.3, -0.25) is 9.59 Å². The lowest BCUT2D eigenvalue weighted by Gasteiger charge is -2.32. The molecule has 6 heteroatoms. The number of rotatable bonds is 9. The van der Waals surface area contributed by atoms with Gasteiger partial charge in [-0.25, -0.2) is 4.39 Å². The molecule has 3 rings (SSSR count). The predicted octanol–water partition coefficient (Wildman–Crippen LogP) is 4.46. The third-order valence-corrected chi connectivity index (χ3v) is 5.72. The van der Waals surface area contributed by atoms with Crippen molar-refractivity contribution in [2.24, 2.45) is 0 Å². The van der Waals surface area contributed by atoms with Crippen LogP contribution in [0.5, 0.6) is 5.75 Å². The van der Waals surface area contributed by atoms with Gasteiger partial charge in [-0.15, -0.1) is 0 Å². The lowest BCUT2D eigenvalue weighted by atomic mass is 9.95. The zero-order valence-electron chi connectivity index (χ0n) is 18.1. The molecule has 0 bridgehead atoms. The number of hydrogen-bond donors (Lipinski definition) is 1. The molecule has 1 aliphatic carbocycles. The molecule has 0 aromatic heterocycles. The number of amides is 2. The van der Waals surface area contributed by atoms with E-state index in [-0.39, 0.29) is 36.8 Å². The van der Waals surface area contributed by atoms with Gasteiger partial charge in [0.25, 0.3) is 5.91 Å². The Morgan fingerprint density at radius 2 is 1.74 bits per heavy atom. The molecule has 5 nitrogen and oxygen atoms in total. The van der Waals surface area contributed by atoms with Crippen LogP contribution in [0.4, 0.5) is 4.39 Å². The highest BCUT2D eigenvalue weighted by Crippen LogP contribution is 2.20. The van der Waals surface area contributed by atoms with Crippen LogP contribution in [0.2, 0.25) is 0 Å². The van der Waals surface area contributed by atoms with E-state index >= 15 is 0 Å². The maximum Gasteiger partial charge on any atom is 0.261 e. The van der Waals surface area contributed by atoms with Crippen LogP contribution < -0.4 is 10.1 Å². The molecular weight excluding hydrogens is 395 g/mol. The summed E-state index contributed by atoms with van der Waals surface area (Å²) >= 11 is 0. The zero-order valence-corrected chi connectivity index (χ0v) is 18.1.